The Kier molecular flexibility index (Phi) is 6.16. The molecule has 33 heavy (non-hydrogen) atoms. The number of fused-ring (bicyclic) bond motifs is 1. The number of carbonyl (C=O) groups excluding carboxylic acids is 1. The highest BCUT2D eigenvalue weighted by Crippen LogP contribution is 2.35. The van der Waals surface area contributed by atoms with Gasteiger partial charge in [0.05, 0.1) is 18.4 Å². The first kappa shape index (κ1) is 21.3. The maximum Gasteiger partial charge on any atom is 0.339 e. The molecule has 0 bridgehead atoms. The molecule has 5 rings (SSSR count). The second-order valence-electron chi connectivity index (χ2n) is 8.96. The van der Waals surface area contributed by atoms with E-state index < -0.39 is 0 Å². The third-order valence-electron chi connectivity index (χ3n) is 6.77. The number of nitrogens with one attached hydrogen (secondary N) is 1. The van der Waals surface area contributed by atoms with Gasteiger partial charge in [0.1, 0.15) is 0 Å². The van der Waals surface area contributed by atoms with E-state index in [-0.39, 0.29) is 5.97 Å². The molecule has 0 aliphatic heterocycles. The van der Waals surface area contributed by atoms with Crippen molar-refractivity contribution in [1.82, 2.24) is 4.57 Å². The van der Waals surface area contributed by atoms with Crippen LogP contribution in [0.5, 0.6) is 0 Å². The van der Waals surface area contributed by atoms with E-state index in [1.165, 1.54) is 55.9 Å². The molecule has 0 amide bonds. The van der Waals surface area contributed by atoms with Gasteiger partial charge in [-0.2, -0.15) is 0 Å². The lowest BCUT2D eigenvalue weighted by Crippen LogP contribution is -2.09. The smallest absolute Gasteiger partial charge is 0.339 e. The predicted molar refractivity (Wildman–Crippen MR) is 134 cm³/mol. The summed E-state index contributed by atoms with van der Waals surface area (Å²) in [7, 11) is 1.45. The number of methoxy groups -OCH3 is 1. The number of aromatic nitrogens is 1. The van der Waals surface area contributed by atoms with Gasteiger partial charge < -0.3 is 14.6 Å². The number of hydrogen-bond acceptors (Lipinski definition) is 3. The minimum absolute atomic E-state index is 0.301. The zero-order valence-electron chi connectivity index (χ0n) is 19.1. The van der Waals surface area contributed by atoms with Gasteiger partial charge in [0.15, 0.2) is 0 Å². The Morgan fingerprint density at radius 1 is 0.970 bits per heavy atom. The number of esters is 1. The molecule has 0 atom stereocenters. The lowest BCUT2D eigenvalue weighted by Gasteiger charge is -2.23. The minimum atomic E-state index is -0.301. The highest BCUT2D eigenvalue weighted by Gasteiger charge is 2.20. The number of nitrogens with zero attached hydrogens (tertiary/aromatic N) is 1. The summed E-state index contributed by atoms with van der Waals surface area (Å²) in [6.45, 7) is 0.840. The van der Waals surface area contributed by atoms with Crippen LogP contribution in [0.1, 0.15) is 59.5 Å². The fourth-order valence-electron chi connectivity index (χ4n) is 4.99. The summed E-state index contributed by atoms with van der Waals surface area (Å²) < 4.78 is 7.36. The first-order chi connectivity index (χ1) is 16.2. The Bertz CT molecular complexity index is 1250. The zero-order chi connectivity index (χ0) is 22.6. The molecule has 4 aromatic rings. The van der Waals surface area contributed by atoms with Crippen LogP contribution in [-0.4, -0.2) is 17.6 Å². The van der Waals surface area contributed by atoms with Crippen LogP contribution >= 0.6 is 0 Å². The van der Waals surface area contributed by atoms with E-state index in [2.05, 4.69) is 70.7 Å². The predicted octanol–water partition coefficient (Wildman–Crippen LogP) is 7.27. The molecule has 4 heteroatoms. The van der Waals surface area contributed by atoms with Crippen molar-refractivity contribution in [3.63, 3.8) is 0 Å². The number of anilines is 2. The summed E-state index contributed by atoms with van der Waals surface area (Å²) in [4.78, 5) is 12.6. The van der Waals surface area contributed by atoms with E-state index in [0.29, 0.717) is 11.5 Å². The van der Waals surface area contributed by atoms with Crippen LogP contribution in [0.15, 0.2) is 79.0 Å². The van der Waals surface area contributed by atoms with Crippen LogP contribution < -0.4 is 5.32 Å². The lowest BCUT2D eigenvalue weighted by atomic mass is 9.83. The molecule has 0 saturated heterocycles. The summed E-state index contributed by atoms with van der Waals surface area (Å²) in [5, 5.41) is 4.62. The number of rotatable bonds is 6. The van der Waals surface area contributed by atoms with Crippen molar-refractivity contribution in [2.24, 2.45) is 0 Å². The lowest BCUT2D eigenvalue weighted by molar-refractivity contribution is 0.0601. The van der Waals surface area contributed by atoms with Crippen molar-refractivity contribution >= 4 is 28.2 Å². The van der Waals surface area contributed by atoms with Crippen molar-refractivity contribution < 1.29 is 9.53 Å². The van der Waals surface area contributed by atoms with Crippen LogP contribution in [0, 0.1) is 0 Å². The molecule has 1 aliphatic rings. The zero-order valence-corrected chi connectivity index (χ0v) is 19.1. The molecule has 3 aromatic carbocycles. The number of ether oxygens (including phenoxy) is 1. The molecule has 0 radical (unpaired) electrons. The fourth-order valence-corrected chi connectivity index (χ4v) is 4.99. The van der Waals surface area contributed by atoms with Crippen molar-refractivity contribution in [1.29, 1.82) is 0 Å². The third kappa shape index (κ3) is 4.65. The van der Waals surface area contributed by atoms with Crippen LogP contribution in [0.3, 0.4) is 0 Å². The Labute approximate surface area is 195 Å². The largest absolute Gasteiger partial charge is 0.465 e. The van der Waals surface area contributed by atoms with Crippen molar-refractivity contribution in [3.8, 4) is 0 Å². The van der Waals surface area contributed by atoms with Crippen LogP contribution in [0.25, 0.3) is 10.9 Å². The first-order valence-electron chi connectivity index (χ1n) is 11.8. The molecular formula is C29H30N2O2. The van der Waals surface area contributed by atoms with Crippen LogP contribution in [0.4, 0.5) is 11.4 Å². The maximum absolute atomic E-state index is 12.6. The molecule has 168 valence electrons. The third-order valence-corrected chi connectivity index (χ3v) is 6.77. The molecule has 1 saturated carbocycles. The summed E-state index contributed by atoms with van der Waals surface area (Å²) in [5.74, 6) is 0.238. The van der Waals surface area contributed by atoms with Crippen LogP contribution in [-0.2, 0) is 11.3 Å². The van der Waals surface area contributed by atoms with Gasteiger partial charge in [-0.1, -0.05) is 55.7 Å². The molecule has 4 nitrogen and oxygen atoms in total. The number of hydrogen-bond donors (Lipinski definition) is 1. The van der Waals surface area contributed by atoms with Gasteiger partial charge in [-0.3, -0.25) is 0 Å². The quantitative estimate of drug-likeness (QED) is 0.322. The normalized spacial score (nSPS) is 14.3. The van der Waals surface area contributed by atoms with E-state index in [9.17, 15) is 4.79 Å². The molecule has 1 heterocycles. The average Bonchev–Trinajstić information content (AvgIpc) is 3.26. The topological polar surface area (TPSA) is 43.3 Å². The Hall–Kier alpha value is -3.53. The Morgan fingerprint density at radius 3 is 2.58 bits per heavy atom. The van der Waals surface area contributed by atoms with Gasteiger partial charge in [-0.15, -0.1) is 0 Å². The van der Waals surface area contributed by atoms with Gasteiger partial charge >= 0.3 is 5.97 Å². The van der Waals surface area contributed by atoms with E-state index in [1.54, 1.807) is 0 Å². The van der Waals surface area contributed by atoms with Crippen LogP contribution in [0.2, 0.25) is 0 Å². The van der Waals surface area contributed by atoms with Gasteiger partial charge in [0.2, 0.25) is 0 Å². The molecule has 0 spiro atoms. The van der Waals surface area contributed by atoms with E-state index >= 15 is 0 Å². The van der Waals surface area contributed by atoms with Crippen molar-refractivity contribution in [2.45, 2.75) is 44.6 Å². The Morgan fingerprint density at radius 2 is 1.79 bits per heavy atom. The van der Waals surface area contributed by atoms with E-state index in [4.69, 9.17) is 4.74 Å². The summed E-state index contributed by atoms with van der Waals surface area (Å²) in [6.07, 6.45) is 8.37. The minimum Gasteiger partial charge on any atom is -0.465 e. The summed E-state index contributed by atoms with van der Waals surface area (Å²) in [6, 6.07) is 25.2. The second-order valence-corrected chi connectivity index (χ2v) is 8.96. The highest BCUT2D eigenvalue weighted by atomic mass is 16.5. The number of benzene rings is 3. The van der Waals surface area contributed by atoms with E-state index in [1.807, 2.05) is 18.2 Å². The second kappa shape index (κ2) is 9.53. The molecule has 0 unspecified atom stereocenters. The monoisotopic (exact) mass is 438 g/mol. The standard InChI is InChI=1S/C29H30N2O2/c1-33-29(32)26-19-23(22-10-6-3-7-11-22)12-14-27(26)30-25-13-15-28-24(18-25)16-17-31(28)20-21-8-4-2-5-9-21/h2,4-5,8-9,12-19,22,30H,3,6-7,10-11,20H2,1H3. The summed E-state index contributed by atoms with van der Waals surface area (Å²) in [5.41, 5.74) is 6.04. The molecule has 1 fully saturated rings. The molecule has 1 N–H and O–H groups in total. The van der Waals surface area contributed by atoms with Crippen molar-refractivity contribution in [3.05, 3.63) is 95.7 Å². The van der Waals surface area contributed by atoms with Gasteiger partial charge in [0, 0.05) is 29.3 Å². The average molecular weight is 439 g/mol. The van der Waals surface area contributed by atoms with Crippen molar-refractivity contribution in [2.75, 3.05) is 12.4 Å². The van der Waals surface area contributed by atoms with Gasteiger partial charge in [0.25, 0.3) is 0 Å². The van der Waals surface area contributed by atoms with Gasteiger partial charge in [-0.25, -0.2) is 4.79 Å². The maximum atomic E-state index is 12.6. The Balaban J connectivity index is 1.40. The number of carbonyl (C=O) groups is 1. The first-order valence-corrected chi connectivity index (χ1v) is 11.8. The van der Waals surface area contributed by atoms with E-state index in [0.717, 1.165) is 23.3 Å². The molecule has 1 aromatic heterocycles. The SMILES string of the molecule is COC(=O)c1cc(C2CCCCC2)ccc1Nc1ccc2c(ccn2Cc2ccccc2)c1. The highest BCUT2D eigenvalue weighted by molar-refractivity contribution is 5.97. The summed E-state index contributed by atoms with van der Waals surface area (Å²) >= 11 is 0. The fraction of sp³-hybridized carbons (Fsp3) is 0.276. The van der Waals surface area contributed by atoms with Gasteiger partial charge in [-0.05, 0) is 66.3 Å². The molecular weight excluding hydrogens is 408 g/mol. The molecule has 1 aliphatic carbocycles.